The van der Waals surface area contributed by atoms with Crippen molar-refractivity contribution in [2.75, 3.05) is 19.7 Å². The molecule has 0 atom stereocenters. The van der Waals surface area contributed by atoms with Crippen molar-refractivity contribution in [1.82, 2.24) is 5.32 Å². The van der Waals surface area contributed by atoms with Crippen LogP contribution in [0.1, 0.15) is 25.3 Å². The molecule has 0 bridgehead atoms. The van der Waals surface area contributed by atoms with Gasteiger partial charge in [0.1, 0.15) is 5.75 Å². The van der Waals surface area contributed by atoms with Gasteiger partial charge in [-0.3, -0.25) is 0 Å². The fourth-order valence-corrected chi connectivity index (χ4v) is 2.29. The van der Waals surface area contributed by atoms with Crippen LogP contribution in [0, 0.1) is 5.41 Å². The summed E-state index contributed by atoms with van der Waals surface area (Å²) in [6.45, 7) is 5.19. The molecule has 0 radical (unpaired) electrons. The molecule has 1 aliphatic rings. The molecule has 3 nitrogen and oxygen atoms in total. The molecular weight excluding hydrogens is 248 g/mol. The minimum absolute atomic E-state index is 0.370. The first-order chi connectivity index (χ1) is 8.69. The highest BCUT2D eigenvalue weighted by atomic mass is 35.5. The molecule has 0 aromatic heterocycles. The maximum absolute atomic E-state index is 6.14. The first-order valence-corrected chi connectivity index (χ1v) is 6.89. The third-order valence-electron chi connectivity index (χ3n) is 3.52. The highest BCUT2D eigenvalue weighted by Gasteiger charge is 2.40. The molecule has 1 aromatic rings. The average Bonchev–Trinajstić information content (AvgIpc) is 3.13. The zero-order chi connectivity index (χ0) is 13.0. The number of benzene rings is 1. The Labute approximate surface area is 114 Å². The van der Waals surface area contributed by atoms with Crippen LogP contribution in [-0.4, -0.2) is 19.7 Å². The van der Waals surface area contributed by atoms with Gasteiger partial charge >= 0.3 is 0 Å². The summed E-state index contributed by atoms with van der Waals surface area (Å²) in [6.07, 6.45) is 2.50. The van der Waals surface area contributed by atoms with Gasteiger partial charge in [0.05, 0.1) is 11.6 Å². The van der Waals surface area contributed by atoms with Crippen LogP contribution in [0.4, 0.5) is 0 Å². The lowest BCUT2D eigenvalue weighted by Crippen LogP contribution is -2.29. The second-order valence-corrected chi connectivity index (χ2v) is 5.41. The monoisotopic (exact) mass is 268 g/mol. The van der Waals surface area contributed by atoms with Crippen molar-refractivity contribution in [3.05, 3.63) is 28.8 Å². The highest BCUT2D eigenvalue weighted by molar-refractivity contribution is 6.32. The number of nitrogens with two attached hydrogens (primary N) is 1. The van der Waals surface area contributed by atoms with E-state index in [1.165, 1.54) is 18.4 Å². The molecule has 1 saturated carbocycles. The molecule has 18 heavy (non-hydrogen) atoms. The predicted molar refractivity (Wildman–Crippen MR) is 75.0 cm³/mol. The molecule has 0 unspecified atom stereocenters. The molecule has 100 valence electrons. The van der Waals surface area contributed by atoms with Gasteiger partial charge in [-0.05, 0) is 49.4 Å². The molecular formula is C14H21ClN2O. The van der Waals surface area contributed by atoms with E-state index in [2.05, 4.69) is 5.32 Å². The number of hydrogen-bond donors (Lipinski definition) is 2. The van der Waals surface area contributed by atoms with Crippen molar-refractivity contribution in [3.8, 4) is 5.75 Å². The number of nitrogens with one attached hydrogen (secondary N) is 1. The fourth-order valence-electron chi connectivity index (χ4n) is 2.03. The van der Waals surface area contributed by atoms with Gasteiger partial charge in [0, 0.05) is 13.1 Å². The van der Waals surface area contributed by atoms with Crippen LogP contribution in [0.15, 0.2) is 18.2 Å². The Morgan fingerprint density at radius 3 is 2.78 bits per heavy atom. The minimum atomic E-state index is 0.370. The summed E-state index contributed by atoms with van der Waals surface area (Å²) in [4.78, 5) is 0. The van der Waals surface area contributed by atoms with Crippen LogP contribution in [0.2, 0.25) is 5.02 Å². The van der Waals surface area contributed by atoms with E-state index in [4.69, 9.17) is 22.1 Å². The fraction of sp³-hybridized carbons (Fsp3) is 0.571. The topological polar surface area (TPSA) is 47.3 Å². The number of ether oxygens (including phenoxy) is 1. The van der Waals surface area contributed by atoms with Gasteiger partial charge in [-0.25, -0.2) is 0 Å². The molecule has 0 amide bonds. The van der Waals surface area contributed by atoms with Gasteiger partial charge in [0.2, 0.25) is 0 Å². The summed E-state index contributed by atoms with van der Waals surface area (Å²) in [5.41, 5.74) is 7.30. The molecule has 3 N–H and O–H groups in total. The Kier molecular flexibility index (Phi) is 4.49. The summed E-state index contributed by atoms with van der Waals surface area (Å²) in [5, 5.41) is 4.13. The Hall–Kier alpha value is -0.770. The van der Waals surface area contributed by atoms with E-state index < -0.39 is 0 Å². The maximum atomic E-state index is 6.14. The third-order valence-corrected chi connectivity index (χ3v) is 3.81. The molecule has 0 spiro atoms. The molecule has 1 aliphatic carbocycles. The van der Waals surface area contributed by atoms with Crippen LogP contribution in [0.25, 0.3) is 0 Å². The molecule has 4 heteroatoms. The van der Waals surface area contributed by atoms with Crippen molar-refractivity contribution in [1.29, 1.82) is 0 Å². The van der Waals surface area contributed by atoms with Crippen LogP contribution in [0.5, 0.6) is 5.75 Å². The summed E-state index contributed by atoms with van der Waals surface area (Å²) >= 11 is 6.14. The van der Waals surface area contributed by atoms with E-state index in [9.17, 15) is 0 Å². The standard InChI is InChI=1S/C14H21ClN2O/c1-2-18-13-4-3-11(7-12(13)15)8-17-10-14(9-16)5-6-14/h3-4,7,17H,2,5-6,8-10,16H2,1H3. The first-order valence-electron chi connectivity index (χ1n) is 6.51. The van der Waals surface area contributed by atoms with Gasteiger partial charge in [-0.2, -0.15) is 0 Å². The van der Waals surface area contributed by atoms with E-state index in [1.54, 1.807) is 0 Å². The SMILES string of the molecule is CCOc1ccc(CNCC2(CN)CC2)cc1Cl. The second-order valence-electron chi connectivity index (χ2n) is 5.01. The Bertz CT molecular complexity index is 405. The van der Waals surface area contributed by atoms with Crippen molar-refractivity contribution >= 4 is 11.6 Å². The Morgan fingerprint density at radius 2 is 2.22 bits per heavy atom. The van der Waals surface area contributed by atoms with E-state index in [0.29, 0.717) is 17.0 Å². The van der Waals surface area contributed by atoms with Crippen molar-refractivity contribution in [2.24, 2.45) is 11.1 Å². The Morgan fingerprint density at radius 1 is 1.44 bits per heavy atom. The molecule has 0 saturated heterocycles. The molecule has 2 rings (SSSR count). The lowest BCUT2D eigenvalue weighted by atomic mass is 10.1. The minimum Gasteiger partial charge on any atom is -0.492 e. The summed E-state index contributed by atoms with van der Waals surface area (Å²) in [6, 6.07) is 5.94. The maximum Gasteiger partial charge on any atom is 0.137 e. The molecule has 0 heterocycles. The van der Waals surface area contributed by atoms with Crippen LogP contribution < -0.4 is 15.8 Å². The van der Waals surface area contributed by atoms with Crippen molar-refractivity contribution < 1.29 is 4.74 Å². The highest BCUT2D eigenvalue weighted by Crippen LogP contribution is 2.43. The summed E-state index contributed by atoms with van der Waals surface area (Å²) < 4.78 is 5.41. The van der Waals surface area contributed by atoms with E-state index >= 15 is 0 Å². The normalized spacial score (nSPS) is 16.6. The van der Waals surface area contributed by atoms with Gasteiger partial charge in [0.15, 0.2) is 0 Å². The summed E-state index contributed by atoms with van der Waals surface area (Å²) in [5.74, 6) is 0.753. The van der Waals surface area contributed by atoms with Crippen molar-refractivity contribution in [2.45, 2.75) is 26.3 Å². The third kappa shape index (κ3) is 3.37. The lowest BCUT2D eigenvalue weighted by molar-refractivity contribution is 0.340. The van der Waals surface area contributed by atoms with Crippen LogP contribution in [0.3, 0.4) is 0 Å². The largest absolute Gasteiger partial charge is 0.492 e. The van der Waals surface area contributed by atoms with Gasteiger partial charge in [-0.15, -0.1) is 0 Å². The summed E-state index contributed by atoms with van der Waals surface area (Å²) in [7, 11) is 0. The zero-order valence-electron chi connectivity index (χ0n) is 10.8. The number of rotatable bonds is 7. The quantitative estimate of drug-likeness (QED) is 0.799. The van der Waals surface area contributed by atoms with E-state index in [0.717, 1.165) is 25.4 Å². The van der Waals surface area contributed by atoms with Crippen LogP contribution in [-0.2, 0) is 6.54 Å². The number of hydrogen-bond acceptors (Lipinski definition) is 3. The van der Waals surface area contributed by atoms with Gasteiger partial charge in [-0.1, -0.05) is 17.7 Å². The zero-order valence-corrected chi connectivity index (χ0v) is 11.6. The van der Waals surface area contributed by atoms with E-state index in [1.807, 2.05) is 25.1 Å². The molecule has 1 fully saturated rings. The number of halogens is 1. The first kappa shape index (κ1) is 13.7. The van der Waals surface area contributed by atoms with Gasteiger partial charge in [0.25, 0.3) is 0 Å². The average molecular weight is 269 g/mol. The Balaban J connectivity index is 1.84. The van der Waals surface area contributed by atoms with Gasteiger partial charge < -0.3 is 15.8 Å². The van der Waals surface area contributed by atoms with Crippen molar-refractivity contribution in [3.63, 3.8) is 0 Å². The second kappa shape index (κ2) is 5.91. The molecule has 1 aromatic carbocycles. The lowest BCUT2D eigenvalue weighted by Gasteiger charge is -2.14. The predicted octanol–water partition coefficient (Wildman–Crippen LogP) is 2.57. The molecule has 0 aliphatic heterocycles. The van der Waals surface area contributed by atoms with E-state index in [-0.39, 0.29) is 0 Å². The smallest absolute Gasteiger partial charge is 0.137 e. The van der Waals surface area contributed by atoms with Crippen LogP contribution >= 0.6 is 11.6 Å².